The lowest BCUT2D eigenvalue weighted by Gasteiger charge is -2.26. The van der Waals surface area contributed by atoms with Crippen molar-refractivity contribution in [2.24, 2.45) is 7.05 Å². The van der Waals surface area contributed by atoms with Crippen molar-refractivity contribution >= 4 is 29.1 Å². The molecule has 0 atom stereocenters. The first-order chi connectivity index (χ1) is 7.61. The Morgan fingerprint density at radius 2 is 2.00 bits per heavy atom. The number of halogens is 2. The van der Waals surface area contributed by atoms with Crippen LogP contribution in [0.1, 0.15) is 10.5 Å². The Morgan fingerprint density at radius 1 is 1.38 bits per heavy atom. The smallest absolute Gasteiger partial charge is 0.270 e. The number of morpholine rings is 1. The van der Waals surface area contributed by atoms with Crippen LogP contribution < -0.4 is 0 Å². The Bertz CT molecular complexity index is 411. The van der Waals surface area contributed by atoms with Gasteiger partial charge < -0.3 is 14.2 Å². The van der Waals surface area contributed by atoms with Crippen molar-refractivity contribution < 1.29 is 9.53 Å². The fourth-order valence-corrected chi connectivity index (χ4v) is 2.05. The summed E-state index contributed by atoms with van der Waals surface area (Å²) in [6, 6.07) is 1.60. The van der Waals surface area contributed by atoms with E-state index in [0.717, 1.165) is 0 Å². The van der Waals surface area contributed by atoms with E-state index in [-0.39, 0.29) is 5.91 Å². The van der Waals surface area contributed by atoms with Crippen LogP contribution in [0.15, 0.2) is 6.07 Å². The van der Waals surface area contributed by atoms with Gasteiger partial charge in [-0.1, -0.05) is 23.2 Å². The summed E-state index contributed by atoms with van der Waals surface area (Å²) in [6.07, 6.45) is 0. The third kappa shape index (κ3) is 2.05. The lowest BCUT2D eigenvalue weighted by Crippen LogP contribution is -2.41. The van der Waals surface area contributed by atoms with E-state index in [9.17, 15) is 4.79 Å². The second-order valence-electron chi connectivity index (χ2n) is 3.63. The van der Waals surface area contributed by atoms with E-state index in [0.29, 0.717) is 42.2 Å². The standard InChI is InChI=1S/C10H12Cl2N2O2/c1-13-8(6-7(11)9(13)12)10(15)14-2-4-16-5-3-14/h6H,2-5H2,1H3. The van der Waals surface area contributed by atoms with Crippen LogP contribution in [-0.2, 0) is 11.8 Å². The van der Waals surface area contributed by atoms with Gasteiger partial charge in [-0.3, -0.25) is 4.79 Å². The molecular formula is C10H12Cl2N2O2. The average Bonchev–Trinajstić information content (AvgIpc) is 2.57. The molecule has 88 valence electrons. The average molecular weight is 263 g/mol. The Kier molecular flexibility index (Phi) is 3.42. The molecule has 1 aromatic heterocycles. The zero-order valence-corrected chi connectivity index (χ0v) is 10.4. The van der Waals surface area contributed by atoms with Crippen LogP contribution in [0.3, 0.4) is 0 Å². The molecule has 2 rings (SSSR count). The predicted octanol–water partition coefficient (Wildman–Crippen LogP) is 1.80. The maximum Gasteiger partial charge on any atom is 0.270 e. The van der Waals surface area contributed by atoms with Gasteiger partial charge in [0.15, 0.2) is 0 Å². The summed E-state index contributed by atoms with van der Waals surface area (Å²) in [5.74, 6) is -0.0559. The van der Waals surface area contributed by atoms with Crippen molar-refractivity contribution in [2.75, 3.05) is 26.3 Å². The van der Waals surface area contributed by atoms with E-state index in [1.54, 1.807) is 22.6 Å². The molecule has 2 heterocycles. The summed E-state index contributed by atoms with van der Waals surface area (Å²) in [4.78, 5) is 13.9. The molecule has 0 radical (unpaired) electrons. The van der Waals surface area contributed by atoms with Gasteiger partial charge in [0, 0.05) is 20.1 Å². The van der Waals surface area contributed by atoms with Crippen LogP contribution in [0, 0.1) is 0 Å². The van der Waals surface area contributed by atoms with Crippen molar-refractivity contribution in [3.05, 3.63) is 21.9 Å². The summed E-state index contributed by atoms with van der Waals surface area (Å²) in [7, 11) is 1.72. The second kappa shape index (κ2) is 4.65. The molecule has 0 N–H and O–H groups in total. The van der Waals surface area contributed by atoms with E-state index >= 15 is 0 Å². The molecule has 0 bridgehead atoms. The lowest BCUT2D eigenvalue weighted by atomic mass is 10.3. The third-order valence-electron chi connectivity index (χ3n) is 2.63. The highest BCUT2D eigenvalue weighted by Gasteiger charge is 2.22. The van der Waals surface area contributed by atoms with E-state index in [2.05, 4.69) is 0 Å². The van der Waals surface area contributed by atoms with E-state index in [1.807, 2.05) is 0 Å². The maximum atomic E-state index is 12.1. The Labute approximate surface area is 104 Å². The second-order valence-corrected chi connectivity index (χ2v) is 4.40. The monoisotopic (exact) mass is 262 g/mol. The molecule has 1 aliphatic rings. The molecule has 6 heteroatoms. The van der Waals surface area contributed by atoms with Gasteiger partial charge in [-0.15, -0.1) is 0 Å². The highest BCUT2D eigenvalue weighted by Crippen LogP contribution is 2.26. The molecule has 0 unspecified atom stereocenters. The summed E-state index contributed by atoms with van der Waals surface area (Å²) in [6.45, 7) is 2.38. The van der Waals surface area contributed by atoms with Gasteiger partial charge in [0.2, 0.25) is 0 Å². The normalized spacial score (nSPS) is 16.6. The maximum absolute atomic E-state index is 12.1. The number of aromatic nitrogens is 1. The largest absolute Gasteiger partial charge is 0.378 e. The van der Waals surface area contributed by atoms with Crippen molar-refractivity contribution in [2.45, 2.75) is 0 Å². The quantitative estimate of drug-likeness (QED) is 0.774. The number of ether oxygens (including phenoxy) is 1. The fourth-order valence-electron chi connectivity index (χ4n) is 1.68. The number of carbonyl (C=O) groups excluding carboxylic acids is 1. The van der Waals surface area contributed by atoms with Gasteiger partial charge in [-0.25, -0.2) is 0 Å². The first-order valence-corrected chi connectivity index (χ1v) is 5.74. The van der Waals surface area contributed by atoms with Crippen LogP contribution >= 0.6 is 23.2 Å². The highest BCUT2D eigenvalue weighted by atomic mass is 35.5. The number of nitrogens with zero attached hydrogens (tertiary/aromatic N) is 2. The number of hydrogen-bond acceptors (Lipinski definition) is 2. The molecule has 4 nitrogen and oxygen atoms in total. The van der Waals surface area contributed by atoms with Gasteiger partial charge in [0.1, 0.15) is 10.8 Å². The highest BCUT2D eigenvalue weighted by molar-refractivity contribution is 6.41. The Balaban J connectivity index is 2.22. The Hall–Kier alpha value is -0.710. The summed E-state index contributed by atoms with van der Waals surface area (Å²) >= 11 is 11.8. The summed E-state index contributed by atoms with van der Waals surface area (Å²) in [5.41, 5.74) is 0.511. The number of rotatable bonds is 1. The minimum atomic E-state index is -0.0559. The molecule has 0 spiro atoms. The predicted molar refractivity (Wildman–Crippen MR) is 62.2 cm³/mol. The van der Waals surface area contributed by atoms with Crippen LogP contribution in [-0.4, -0.2) is 41.7 Å². The van der Waals surface area contributed by atoms with Crippen molar-refractivity contribution in [1.29, 1.82) is 0 Å². The van der Waals surface area contributed by atoms with Gasteiger partial charge in [-0.05, 0) is 6.07 Å². The molecule has 0 aromatic carbocycles. The number of hydrogen-bond donors (Lipinski definition) is 0. The van der Waals surface area contributed by atoms with Gasteiger partial charge >= 0.3 is 0 Å². The lowest BCUT2D eigenvalue weighted by molar-refractivity contribution is 0.0296. The Morgan fingerprint density at radius 3 is 2.50 bits per heavy atom. The molecule has 1 amide bonds. The molecular weight excluding hydrogens is 251 g/mol. The summed E-state index contributed by atoms with van der Waals surface area (Å²) in [5, 5.41) is 0.791. The van der Waals surface area contributed by atoms with E-state index < -0.39 is 0 Å². The molecule has 1 aromatic rings. The fraction of sp³-hybridized carbons (Fsp3) is 0.500. The molecule has 0 aliphatic carbocycles. The van der Waals surface area contributed by atoms with Gasteiger partial charge in [0.25, 0.3) is 5.91 Å². The van der Waals surface area contributed by atoms with Gasteiger partial charge in [0.05, 0.1) is 18.2 Å². The van der Waals surface area contributed by atoms with Gasteiger partial charge in [-0.2, -0.15) is 0 Å². The van der Waals surface area contributed by atoms with Crippen molar-refractivity contribution in [3.63, 3.8) is 0 Å². The van der Waals surface area contributed by atoms with Crippen molar-refractivity contribution in [3.8, 4) is 0 Å². The number of amides is 1. The third-order valence-corrected chi connectivity index (χ3v) is 3.48. The minimum absolute atomic E-state index is 0.0559. The van der Waals surface area contributed by atoms with E-state index in [1.165, 1.54) is 0 Å². The van der Waals surface area contributed by atoms with Crippen LogP contribution in [0.2, 0.25) is 10.2 Å². The van der Waals surface area contributed by atoms with Crippen molar-refractivity contribution in [1.82, 2.24) is 9.47 Å². The zero-order valence-electron chi connectivity index (χ0n) is 8.87. The van der Waals surface area contributed by atoms with Crippen LogP contribution in [0.25, 0.3) is 0 Å². The minimum Gasteiger partial charge on any atom is -0.378 e. The zero-order chi connectivity index (χ0) is 11.7. The summed E-state index contributed by atoms with van der Waals surface area (Å²) < 4.78 is 6.79. The van der Waals surface area contributed by atoms with E-state index in [4.69, 9.17) is 27.9 Å². The first kappa shape index (κ1) is 11.8. The molecule has 1 aliphatic heterocycles. The topological polar surface area (TPSA) is 34.5 Å². The number of carbonyl (C=O) groups is 1. The molecule has 1 fully saturated rings. The van der Waals surface area contributed by atoms with Crippen LogP contribution in [0.4, 0.5) is 0 Å². The van der Waals surface area contributed by atoms with Crippen LogP contribution in [0.5, 0.6) is 0 Å². The first-order valence-electron chi connectivity index (χ1n) is 4.99. The molecule has 16 heavy (non-hydrogen) atoms. The molecule has 1 saturated heterocycles. The molecule has 0 saturated carbocycles. The SMILES string of the molecule is Cn1c(C(=O)N2CCOCC2)cc(Cl)c1Cl.